The quantitative estimate of drug-likeness (QED) is 0.484. The molecule has 1 aromatic heterocycles. The number of thioether (sulfide) groups is 1. The summed E-state index contributed by atoms with van der Waals surface area (Å²) >= 11 is 4.76. The molecule has 1 amide bonds. The van der Waals surface area contributed by atoms with Crippen molar-refractivity contribution in [1.82, 2.24) is 14.8 Å². The summed E-state index contributed by atoms with van der Waals surface area (Å²) in [5, 5.41) is 12.1. The number of aryl methyl sites for hydroxylation is 2. The maximum Gasteiger partial charge on any atom is 0.234 e. The molecular formula is C21H23BrN4O2S. The second-order valence-corrected chi connectivity index (χ2v) is 8.69. The Morgan fingerprint density at radius 1 is 1.17 bits per heavy atom. The highest BCUT2D eigenvalue weighted by Gasteiger charge is 2.18. The monoisotopic (exact) mass is 474 g/mol. The van der Waals surface area contributed by atoms with E-state index in [2.05, 4.69) is 37.5 Å². The number of ether oxygens (including phenoxy) is 1. The minimum Gasteiger partial charge on any atom is -0.483 e. The van der Waals surface area contributed by atoms with E-state index in [-0.39, 0.29) is 17.8 Å². The summed E-state index contributed by atoms with van der Waals surface area (Å²) in [7, 11) is 1.88. The van der Waals surface area contributed by atoms with E-state index in [4.69, 9.17) is 4.74 Å². The maximum atomic E-state index is 12.3. The van der Waals surface area contributed by atoms with E-state index < -0.39 is 0 Å². The Hall–Kier alpha value is -2.32. The molecule has 0 bridgehead atoms. The van der Waals surface area contributed by atoms with Crippen LogP contribution in [0.4, 0.5) is 5.69 Å². The van der Waals surface area contributed by atoms with Crippen molar-refractivity contribution in [2.45, 2.75) is 32.0 Å². The van der Waals surface area contributed by atoms with Crippen LogP contribution in [0.2, 0.25) is 0 Å². The van der Waals surface area contributed by atoms with Crippen molar-refractivity contribution < 1.29 is 9.53 Å². The fraction of sp³-hybridized carbons (Fsp3) is 0.286. The normalized spacial score (nSPS) is 11.9. The first-order valence-electron chi connectivity index (χ1n) is 9.14. The maximum absolute atomic E-state index is 12.3. The number of carbonyl (C=O) groups is 1. The molecule has 1 unspecified atom stereocenters. The van der Waals surface area contributed by atoms with Crippen LogP contribution in [0.1, 0.15) is 30.0 Å². The first-order chi connectivity index (χ1) is 13.8. The van der Waals surface area contributed by atoms with Crippen LogP contribution in [0.5, 0.6) is 5.75 Å². The molecule has 2 aromatic carbocycles. The Morgan fingerprint density at radius 3 is 2.48 bits per heavy atom. The number of nitrogens with one attached hydrogen (secondary N) is 1. The van der Waals surface area contributed by atoms with Gasteiger partial charge in [0.1, 0.15) is 5.75 Å². The molecule has 0 radical (unpaired) electrons. The number of carbonyl (C=O) groups excluding carboxylic acids is 1. The van der Waals surface area contributed by atoms with Gasteiger partial charge in [0.05, 0.1) is 5.75 Å². The van der Waals surface area contributed by atoms with Crippen LogP contribution in [0, 0.1) is 13.8 Å². The van der Waals surface area contributed by atoms with Crippen molar-refractivity contribution in [2.75, 3.05) is 11.1 Å². The van der Waals surface area contributed by atoms with Gasteiger partial charge >= 0.3 is 0 Å². The zero-order valence-corrected chi connectivity index (χ0v) is 19.2. The van der Waals surface area contributed by atoms with E-state index in [9.17, 15) is 4.79 Å². The van der Waals surface area contributed by atoms with Crippen molar-refractivity contribution in [1.29, 1.82) is 0 Å². The lowest BCUT2D eigenvalue weighted by atomic mass is 10.1. The number of benzene rings is 2. The van der Waals surface area contributed by atoms with Gasteiger partial charge in [-0.1, -0.05) is 33.8 Å². The first kappa shape index (κ1) is 21.4. The molecule has 0 spiro atoms. The van der Waals surface area contributed by atoms with E-state index in [1.54, 1.807) is 0 Å². The van der Waals surface area contributed by atoms with Gasteiger partial charge in [0.2, 0.25) is 5.91 Å². The predicted octanol–water partition coefficient (Wildman–Crippen LogP) is 5.07. The molecule has 29 heavy (non-hydrogen) atoms. The summed E-state index contributed by atoms with van der Waals surface area (Å²) < 4.78 is 8.80. The largest absolute Gasteiger partial charge is 0.483 e. The Labute approximate surface area is 183 Å². The zero-order chi connectivity index (χ0) is 21.0. The number of hydrogen-bond donors (Lipinski definition) is 1. The van der Waals surface area contributed by atoms with E-state index in [1.165, 1.54) is 11.8 Å². The molecule has 1 atom stereocenters. The highest BCUT2D eigenvalue weighted by atomic mass is 79.9. The fourth-order valence-corrected chi connectivity index (χ4v) is 3.93. The number of nitrogens with zero attached hydrogens (tertiary/aromatic N) is 3. The topological polar surface area (TPSA) is 69.0 Å². The lowest BCUT2D eigenvalue weighted by molar-refractivity contribution is -0.113. The SMILES string of the molecule is Cc1cc(C)cc(NC(=O)CSc2nnc(C(C)Oc3ccc(Br)cc3)n2C)c1. The van der Waals surface area contributed by atoms with E-state index in [1.807, 2.05) is 68.8 Å². The molecule has 3 rings (SSSR count). The first-order valence-corrected chi connectivity index (χ1v) is 10.9. The van der Waals surface area contributed by atoms with Crippen molar-refractivity contribution in [3.8, 4) is 5.75 Å². The minimum atomic E-state index is -0.271. The Bertz CT molecular complexity index is 984. The predicted molar refractivity (Wildman–Crippen MR) is 119 cm³/mol. The van der Waals surface area contributed by atoms with Crippen molar-refractivity contribution in [2.24, 2.45) is 7.05 Å². The molecule has 6 nitrogen and oxygen atoms in total. The van der Waals surface area contributed by atoms with Gasteiger partial charge < -0.3 is 14.6 Å². The van der Waals surface area contributed by atoms with E-state index >= 15 is 0 Å². The molecule has 1 heterocycles. The average Bonchev–Trinajstić information content (AvgIpc) is 3.01. The fourth-order valence-electron chi connectivity index (χ4n) is 2.95. The van der Waals surface area contributed by atoms with Gasteiger partial charge in [-0.2, -0.15) is 0 Å². The molecular weight excluding hydrogens is 452 g/mol. The van der Waals surface area contributed by atoms with Crippen LogP contribution >= 0.6 is 27.7 Å². The second-order valence-electron chi connectivity index (χ2n) is 6.83. The lowest BCUT2D eigenvalue weighted by Crippen LogP contribution is -2.15. The lowest BCUT2D eigenvalue weighted by Gasteiger charge is -2.14. The Balaban J connectivity index is 1.58. The molecule has 1 N–H and O–H groups in total. The van der Waals surface area contributed by atoms with Crippen LogP contribution in [-0.2, 0) is 11.8 Å². The number of hydrogen-bond acceptors (Lipinski definition) is 5. The van der Waals surface area contributed by atoms with Gasteiger partial charge in [-0.25, -0.2) is 0 Å². The smallest absolute Gasteiger partial charge is 0.234 e. The van der Waals surface area contributed by atoms with Gasteiger partial charge in [0.15, 0.2) is 17.1 Å². The third-order valence-corrected chi connectivity index (χ3v) is 5.75. The van der Waals surface area contributed by atoms with Gasteiger partial charge in [-0.3, -0.25) is 4.79 Å². The van der Waals surface area contributed by atoms with Crippen LogP contribution < -0.4 is 10.1 Å². The summed E-state index contributed by atoms with van der Waals surface area (Å²) in [5.74, 6) is 1.63. The van der Waals surface area contributed by atoms with Gasteiger partial charge in [0, 0.05) is 17.2 Å². The third kappa shape index (κ3) is 5.83. The van der Waals surface area contributed by atoms with Gasteiger partial charge in [-0.05, 0) is 68.3 Å². The average molecular weight is 475 g/mol. The number of halogens is 1. The van der Waals surface area contributed by atoms with E-state index in [0.717, 1.165) is 27.0 Å². The molecule has 0 fully saturated rings. The summed E-state index contributed by atoms with van der Waals surface area (Å²) in [4.78, 5) is 12.3. The number of amides is 1. The summed E-state index contributed by atoms with van der Waals surface area (Å²) in [6.07, 6.45) is -0.271. The van der Waals surface area contributed by atoms with Crippen molar-refractivity contribution in [3.63, 3.8) is 0 Å². The Morgan fingerprint density at radius 2 is 1.83 bits per heavy atom. The number of rotatable bonds is 7. The van der Waals surface area contributed by atoms with E-state index in [0.29, 0.717) is 11.0 Å². The standard InChI is InChI=1S/C21H23BrN4O2S/c1-13-9-14(2)11-17(10-13)23-19(27)12-29-21-25-24-20(26(21)4)15(3)28-18-7-5-16(22)6-8-18/h5-11,15H,12H2,1-4H3,(H,23,27). The van der Waals surface area contributed by atoms with Crippen molar-refractivity contribution >= 4 is 39.3 Å². The molecule has 152 valence electrons. The number of anilines is 1. The highest BCUT2D eigenvalue weighted by Crippen LogP contribution is 2.25. The summed E-state index contributed by atoms with van der Waals surface area (Å²) in [6, 6.07) is 13.6. The molecule has 0 aliphatic rings. The highest BCUT2D eigenvalue weighted by molar-refractivity contribution is 9.10. The van der Waals surface area contributed by atoms with Crippen LogP contribution in [0.25, 0.3) is 0 Å². The molecule has 0 aliphatic carbocycles. The van der Waals surface area contributed by atoms with Crippen molar-refractivity contribution in [3.05, 3.63) is 63.9 Å². The van der Waals surface area contributed by atoms with Gasteiger partial charge in [-0.15, -0.1) is 10.2 Å². The summed E-state index contributed by atoms with van der Waals surface area (Å²) in [5.41, 5.74) is 3.04. The zero-order valence-electron chi connectivity index (χ0n) is 16.8. The molecule has 3 aromatic rings. The molecule has 8 heteroatoms. The summed E-state index contributed by atoms with van der Waals surface area (Å²) in [6.45, 7) is 5.94. The van der Waals surface area contributed by atoms with Gasteiger partial charge in [0.25, 0.3) is 0 Å². The van der Waals surface area contributed by atoms with Crippen LogP contribution in [0.3, 0.4) is 0 Å². The van der Waals surface area contributed by atoms with Crippen LogP contribution in [0.15, 0.2) is 52.1 Å². The minimum absolute atomic E-state index is 0.0799. The molecule has 0 saturated carbocycles. The molecule has 0 saturated heterocycles. The third-order valence-electron chi connectivity index (χ3n) is 4.20. The molecule has 0 aliphatic heterocycles. The number of aromatic nitrogens is 3. The Kier molecular flexibility index (Phi) is 6.97. The van der Waals surface area contributed by atoms with Crippen LogP contribution in [-0.4, -0.2) is 26.4 Å². The second kappa shape index (κ2) is 9.45.